The van der Waals surface area contributed by atoms with Crippen molar-refractivity contribution in [3.63, 3.8) is 0 Å². The fourth-order valence-corrected chi connectivity index (χ4v) is 4.90. The van der Waals surface area contributed by atoms with Crippen LogP contribution >= 0.6 is 0 Å². The topological polar surface area (TPSA) is 55.2 Å². The lowest BCUT2D eigenvalue weighted by Gasteiger charge is -2.31. The summed E-state index contributed by atoms with van der Waals surface area (Å²) in [6.07, 6.45) is 7.56. The van der Waals surface area contributed by atoms with E-state index in [1.807, 2.05) is 65.0 Å². The van der Waals surface area contributed by atoms with Crippen molar-refractivity contribution in [1.29, 1.82) is 0 Å². The zero-order valence-electron chi connectivity index (χ0n) is 17.0. The van der Waals surface area contributed by atoms with Gasteiger partial charge in [0, 0.05) is 24.9 Å². The van der Waals surface area contributed by atoms with Gasteiger partial charge in [-0.15, -0.1) is 0 Å². The molecule has 1 saturated carbocycles. The lowest BCUT2D eigenvalue weighted by molar-refractivity contribution is 0.0696. The third-order valence-electron chi connectivity index (χ3n) is 5.86. The molecule has 1 aromatic heterocycles. The Hall–Kier alpha value is -2.47. The van der Waals surface area contributed by atoms with Crippen molar-refractivity contribution in [2.24, 2.45) is 0 Å². The van der Waals surface area contributed by atoms with Gasteiger partial charge in [-0.1, -0.05) is 43.5 Å². The highest BCUT2D eigenvalue weighted by molar-refractivity contribution is 7.84. The molecule has 1 fully saturated rings. The Bertz CT molecular complexity index is 1040. The molecule has 152 valence electrons. The minimum absolute atomic E-state index is 0.0897. The second-order valence-corrected chi connectivity index (χ2v) is 9.10. The quantitative estimate of drug-likeness (QED) is 0.634. The van der Waals surface area contributed by atoms with E-state index in [2.05, 4.69) is 4.98 Å². The van der Waals surface area contributed by atoms with Crippen molar-refractivity contribution < 1.29 is 9.00 Å². The first kappa shape index (κ1) is 19.8. The van der Waals surface area contributed by atoms with E-state index in [1.54, 1.807) is 6.26 Å². The molecule has 29 heavy (non-hydrogen) atoms. The number of hydrogen-bond acceptors (Lipinski definition) is 3. The first-order valence-corrected chi connectivity index (χ1v) is 11.7. The van der Waals surface area contributed by atoms with Crippen molar-refractivity contribution in [3.05, 3.63) is 59.7 Å². The summed E-state index contributed by atoms with van der Waals surface area (Å²) in [4.78, 5) is 19.3. The molecule has 1 amide bonds. The smallest absolute Gasteiger partial charge is 0.253 e. The van der Waals surface area contributed by atoms with Gasteiger partial charge >= 0.3 is 0 Å². The standard InChI is InChI=1S/C23H27N3O2S/c1-25(19-8-4-3-5-9-19)22(27)18-14-12-17(13-15-18)16-26-21-11-7-6-10-20(21)24-23(26)29(2)28/h6-7,10-15,19H,3-5,8-9,16H2,1-2H3. The molecule has 0 aliphatic heterocycles. The Morgan fingerprint density at radius 3 is 2.48 bits per heavy atom. The van der Waals surface area contributed by atoms with Gasteiger partial charge in [0.05, 0.1) is 28.4 Å². The molecule has 4 rings (SSSR count). The van der Waals surface area contributed by atoms with Crippen LogP contribution < -0.4 is 0 Å². The van der Waals surface area contributed by atoms with Crippen LogP contribution in [-0.2, 0) is 17.3 Å². The molecule has 1 heterocycles. The normalized spacial score (nSPS) is 16.1. The zero-order valence-corrected chi connectivity index (χ0v) is 17.8. The SMILES string of the molecule is CN(C(=O)c1ccc(Cn2c(S(C)=O)nc3ccccc32)cc1)C1CCCCC1. The minimum Gasteiger partial charge on any atom is -0.339 e. The van der Waals surface area contributed by atoms with Gasteiger partial charge in [-0.05, 0) is 42.7 Å². The molecule has 6 heteroatoms. The van der Waals surface area contributed by atoms with E-state index in [-0.39, 0.29) is 5.91 Å². The summed E-state index contributed by atoms with van der Waals surface area (Å²) >= 11 is 0. The van der Waals surface area contributed by atoms with E-state index in [0.717, 1.165) is 35.0 Å². The Labute approximate surface area is 174 Å². The number of para-hydroxylation sites is 2. The van der Waals surface area contributed by atoms with Crippen molar-refractivity contribution >= 4 is 27.7 Å². The number of hydrogen-bond donors (Lipinski definition) is 0. The maximum Gasteiger partial charge on any atom is 0.253 e. The first-order valence-electron chi connectivity index (χ1n) is 10.2. The van der Waals surface area contributed by atoms with Crippen LogP contribution in [0.4, 0.5) is 0 Å². The average Bonchev–Trinajstić information content (AvgIpc) is 3.13. The lowest BCUT2D eigenvalue weighted by atomic mass is 9.94. The van der Waals surface area contributed by atoms with Gasteiger partial charge in [0.15, 0.2) is 5.16 Å². The lowest BCUT2D eigenvalue weighted by Crippen LogP contribution is -2.38. The van der Waals surface area contributed by atoms with Gasteiger partial charge in [-0.2, -0.15) is 0 Å². The van der Waals surface area contributed by atoms with Crippen LogP contribution in [0, 0.1) is 0 Å². The van der Waals surface area contributed by atoms with Crippen molar-refractivity contribution in [3.8, 4) is 0 Å². The Balaban J connectivity index is 1.54. The fraction of sp³-hybridized carbons (Fsp3) is 0.391. The number of imidazole rings is 1. The predicted octanol–water partition coefficient (Wildman–Crippen LogP) is 4.23. The molecule has 0 saturated heterocycles. The molecule has 0 N–H and O–H groups in total. The van der Waals surface area contributed by atoms with Gasteiger partial charge in [0.1, 0.15) is 0 Å². The van der Waals surface area contributed by atoms with Crippen molar-refractivity contribution in [1.82, 2.24) is 14.5 Å². The molecular weight excluding hydrogens is 382 g/mol. The summed E-state index contributed by atoms with van der Waals surface area (Å²) in [6, 6.07) is 16.0. The molecule has 5 nitrogen and oxygen atoms in total. The summed E-state index contributed by atoms with van der Waals surface area (Å²) in [5.74, 6) is 0.0897. The van der Waals surface area contributed by atoms with Crippen LogP contribution in [0.1, 0.15) is 48.0 Å². The van der Waals surface area contributed by atoms with Gasteiger partial charge in [0.2, 0.25) is 0 Å². The third-order valence-corrected chi connectivity index (χ3v) is 6.69. The Morgan fingerprint density at radius 2 is 1.79 bits per heavy atom. The third kappa shape index (κ3) is 4.13. The molecule has 3 aromatic rings. The minimum atomic E-state index is -1.18. The van der Waals surface area contributed by atoms with Gasteiger partial charge in [0.25, 0.3) is 5.91 Å². The van der Waals surface area contributed by atoms with Gasteiger partial charge in [-0.3, -0.25) is 9.00 Å². The number of amides is 1. The second kappa shape index (κ2) is 8.49. The van der Waals surface area contributed by atoms with Crippen molar-refractivity contribution in [2.45, 2.75) is 49.8 Å². The number of carbonyl (C=O) groups excluding carboxylic acids is 1. The molecule has 2 aromatic carbocycles. The van der Waals surface area contributed by atoms with Gasteiger partial charge < -0.3 is 9.47 Å². The highest BCUT2D eigenvalue weighted by Gasteiger charge is 2.23. The van der Waals surface area contributed by atoms with Gasteiger partial charge in [-0.25, -0.2) is 4.98 Å². The van der Waals surface area contributed by atoms with Crippen LogP contribution in [0.15, 0.2) is 53.7 Å². The largest absolute Gasteiger partial charge is 0.339 e. The fourth-order valence-electron chi connectivity index (χ4n) is 4.20. The molecule has 1 atom stereocenters. The number of carbonyl (C=O) groups is 1. The monoisotopic (exact) mass is 409 g/mol. The molecule has 0 radical (unpaired) electrons. The molecular formula is C23H27N3O2S. The number of fused-ring (bicyclic) bond motifs is 1. The summed E-state index contributed by atoms with van der Waals surface area (Å²) in [5, 5.41) is 0.573. The van der Waals surface area contributed by atoms with Crippen LogP contribution in [0.25, 0.3) is 11.0 Å². The van der Waals surface area contributed by atoms with E-state index in [4.69, 9.17) is 0 Å². The zero-order chi connectivity index (χ0) is 20.4. The van der Waals surface area contributed by atoms with Crippen LogP contribution in [0.2, 0.25) is 0 Å². The summed E-state index contributed by atoms with van der Waals surface area (Å²) < 4.78 is 14.2. The van der Waals surface area contributed by atoms with Crippen molar-refractivity contribution in [2.75, 3.05) is 13.3 Å². The van der Waals surface area contributed by atoms with E-state index in [0.29, 0.717) is 17.7 Å². The number of benzene rings is 2. The molecule has 0 spiro atoms. The number of rotatable bonds is 5. The molecule has 1 unspecified atom stereocenters. The Kier molecular flexibility index (Phi) is 5.81. The highest BCUT2D eigenvalue weighted by atomic mass is 32.2. The maximum absolute atomic E-state index is 12.9. The number of aromatic nitrogens is 2. The van der Waals surface area contributed by atoms with Crippen LogP contribution in [0.3, 0.4) is 0 Å². The summed E-state index contributed by atoms with van der Waals surface area (Å²) in [5.41, 5.74) is 3.59. The average molecular weight is 410 g/mol. The molecule has 1 aliphatic rings. The van der Waals surface area contributed by atoms with E-state index >= 15 is 0 Å². The van der Waals surface area contributed by atoms with Crippen LogP contribution in [-0.4, -0.2) is 43.9 Å². The second-order valence-electron chi connectivity index (χ2n) is 7.83. The summed E-state index contributed by atoms with van der Waals surface area (Å²) in [6.45, 7) is 0.572. The summed E-state index contributed by atoms with van der Waals surface area (Å²) in [7, 11) is 0.747. The number of nitrogens with zero attached hydrogens (tertiary/aromatic N) is 3. The van der Waals surface area contributed by atoms with E-state index in [9.17, 15) is 9.00 Å². The van der Waals surface area contributed by atoms with E-state index in [1.165, 1.54) is 19.3 Å². The Morgan fingerprint density at radius 1 is 1.10 bits per heavy atom. The maximum atomic E-state index is 12.9. The molecule has 0 bridgehead atoms. The van der Waals surface area contributed by atoms with Crippen LogP contribution in [0.5, 0.6) is 0 Å². The predicted molar refractivity (Wildman–Crippen MR) is 117 cm³/mol. The van der Waals surface area contributed by atoms with E-state index < -0.39 is 10.8 Å². The highest BCUT2D eigenvalue weighted by Crippen LogP contribution is 2.24. The first-order chi connectivity index (χ1) is 14.0. The molecule has 1 aliphatic carbocycles.